The van der Waals surface area contributed by atoms with Gasteiger partial charge in [0.15, 0.2) is 0 Å². The van der Waals surface area contributed by atoms with Gasteiger partial charge in [0, 0.05) is 24.6 Å². The maximum absolute atomic E-state index is 12.3. The molecule has 1 aromatic rings. The summed E-state index contributed by atoms with van der Waals surface area (Å²) in [6, 6.07) is 1.89. The highest BCUT2D eigenvalue weighted by Crippen LogP contribution is 2.32. The summed E-state index contributed by atoms with van der Waals surface area (Å²) in [5.74, 6) is -1.69. The molecule has 8 heteroatoms. The van der Waals surface area contributed by atoms with Crippen molar-refractivity contribution in [3.05, 3.63) is 23.8 Å². The molecule has 2 aliphatic heterocycles. The van der Waals surface area contributed by atoms with Crippen molar-refractivity contribution in [2.75, 3.05) is 0 Å². The van der Waals surface area contributed by atoms with Crippen LogP contribution in [0.3, 0.4) is 0 Å². The molecular formula is C12H9N5O3. The Balaban J connectivity index is 2.01. The Hall–Kier alpha value is -2.82. The quantitative estimate of drug-likeness (QED) is 0.664. The largest absolute Gasteiger partial charge is 0.306 e. The van der Waals surface area contributed by atoms with E-state index in [9.17, 15) is 19.6 Å². The first-order valence-corrected chi connectivity index (χ1v) is 5.95. The first kappa shape index (κ1) is 12.2. The first-order chi connectivity index (χ1) is 9.58. The zero-order valence-corrected chi connectivity index (χ0v) is 10.3. The number of imide groups is 1. The highest BCUT2D eigenvalue weighted by molar-refractivity contribution is 6.08. The topological polar surface area (TPSA) is 116 Å². The molecule has 0 spiro atoms. The third-order valence-corrected chi connectivity index (χ3v) is 3.55. The van der Waals surface area contributed by atoms with E-state index in [2.05, 4.69) is 15.3 Å². The van der Waals surface area contributed by atoms with E-state index in [1.54, 1.807) is 0 Å². The number of hydrogen-bond acceptors (Lipinski definition) is 6. The molecule has 1 fully saturated rings. The van der Waals surface area contributed by atoms with Crippen LogP contribution in [0, 0.1) is 11.3 Å². The molecule has 0 aromatic carbocycles. The van der Waals surface area contributed by atoms with Gasteiger partial charge in [-0.3, -0.25) is 19.7 Å². The van der Waals surface area contributed by atoms with Gasteiger partial charge in [-0.25, -0.2) is 9.97 Å². The molecule has 1 saturated heterocycles. The van der Waals surface area contributed by atoms with Gasteiger partial charge >= 0.3 is 0 Å². The minimum atomic E-state index is -1.66. The van der Waals surface area contributed by atoms with Crippen LogP contribution in [0.5, 0.6) is 0 Å². The van der Waals surface area contributed by atoms with Crippen LogP contribution in [0.2, 0.25) is 0 Å². The van der Waals surface area contributed by atoms with Crippen molar-refractivity contribution in [3.8, 4) is 6.07 Å². The minimum Gasteiger partial charge on any atom is -0.306 e. The van der Waals surface area contributed by atoms with Crippen molar-refractivity contribution >= 4 is 17.7 Å². The zero-order chi connectivity index (χ0) is 14.3. The number of nitriles is 1. The molecule has 1 aromatic heterocycles. The highest BCUT2D eigenvalue weighted by atomic mass is 16.2. The normalized spacial score (nSPS) is 25.1. The van der Waals surface area contributed by atoms with Crippen LogP contribution in [0.1, 0.15) is 28.9 Å². The van der Waals surface area contributed by atoms with Gasteiger partial charge in [-0.1, -0.05) is 0 Å². The van der Waals surface area contributed by atoms with Gasteiger partial charge in [-0.15, -0.1) is 0 Å². The van der Waals surface area contributed by atoms with Gasteiger partial charge in [-0.05, 0) is 0 Å². The average Bonchev–Trinajstić information content (AvgIpc) is 2.78. The number of nitrogens with zero attached hydrogens (tertiary/aromatic N) is 4. The second-order valence-corrected chi connectivity index (χ2v) is 4.64. The molecule has 3 rings (SSSR count). The van der Waals surface area contributed by atoms with Gasteiger partial charge < -0.3 is 4.90 Å². The Kier molecular flexibility index (Phi) is 2.50. The van der Waals surface area contributed by atoms with E-state index in [4.69, 9.17) is 0 Å². The predicted molar refractivity (Wildman–Crippen MR) is 62.6 cm³/mol. The van der Waals surface area contributed by atoms with Crippen LogP contribution in [0.25, 0.3) is 0 Å². The lowest BCUT2D eigenvalue weighted by atomic mass is 9.88. The number of fused-ring (bicyclic) bond motifs is 1. The molecule has 2 aliphatic rings. The van der Waals surface area contributed by atoms with Gasteiger partial charge in [0.2, 0.25) is 11.4 Å². The Morgan fingerprint density at radius 3 is 2.85 bits per heavy atom. The third-order valence-electron chi connectivity index (χ3n) is 3.55. The summed E-state index contributed by atoms with van der Waals surface area (Å²) in [6.07, 6.45) is 2.73. The van der Waals surface area contributed by atoms with Crippen LogP contribution in [0.4, 0.5) is 0 Å². The van der Waals surface area contributed by atoms with Crippen LogP contribution in [-0.2, 0) is 16.1 Å². The van der Waals surface area contributed by atoms with E-state index in [1.807, 2.05) is 6.07 Å². The lowest BCUT2D eigenvalue weighted by Crippen LogP contribution is -2.62. The molecule has 0 saturated carbocycles. The number of nitrogens with one attached hydrogen (secondary N) is 1. The number of carbonyl (C=O) groups excluding carboxylic acids is 3. The monoisotopic (exact) mass is 271 g/mol. The fraction of sp³-hybridized carbons (Fsp3) is 0.333. The molecule has 0 aliphatic carbocycles. The van der Waals surface area contributed by atoms with Crippen molar-refractivity contribution in [2.45, 2.75) is 24.9 Å². The maximum Gasteiger partial charge on any atom is 0.274 e. The van der Waals surface area contributed by atoms with Crippen molar-refractivity contribution in [1.82, 2.24) is 20.2 Å². The van der Waals surface area contributed by atoms with Gasteiger partial charge in [0.1, 0.15) is 18.1 Å². The van der Waals surface area contributed by atoms with E-state index in [0.717, 1.165) is 4.90 Å². The van der Waals surface area contributed by atoms with Crippen LogP contribution in [0.15, 0.2) is 12.5 Å². The van der Waals surface area contributed by atoms with Crippen molar-refractivity contribution in [2.24, 2.45) is 0 Å². The SMILES string of the molecule is N#CC1(N2Cc3cncnc3C2=O)CCC(=O)NC1=O. The molecule has 1 unspecified atom stereocenters. The number of aromatic nitrogens is 2. The summed E-state index contributed by atoms with van der Waals surface area (Å²) in [5, 5.41) is 11.5. The number of amides is 3. The smallest absolute Gasteiger partial charge is 0.274 e. The molecule has 0 radical (unpaired) electrons. The summed E-state index contributed by atoms with van der Waals surface area (Å²) in [4.78, 5) is 44.5. The Morgan fingerprint density at radius 1 is 1.40 bits per heavy atom. The molecule has 3 amide bonds. The van der Waals surface area contributed by atoms with Crippen LogP contribution < -0.4 is 5.32 Å². The minimum absolute atomic E-state index is 0.0126. The van der Waals surface area contributed by atoms with E-state index < -0.39 is 23.3 Å². The molecular weight excluding hydrogens is 262 g/mol. The fourth-order valence-electron chi connectivity index (χ4n) is 2.47. The summed E-state index contributed by atoms with van der Waals surface area (Å²) in [6.45, 7) is 0.0875. The highest BCUT2D eigenvalue weighted by Gasteiger charge is 2.53. The molecule has 20 heavy (non-hydrogen) atoms. The zero-order valence-electron chi connectivity index (χ0n) is 10.3. The number of hydrogen-bond donors (Lipinski definition) is 1. The molecule has 3 heterocycles. The Morgan fingerprint density at radius 2 is 2.20 bits per heavy atom. The fourth-order valence-corrected chi connectivity index (χ4v) is 2.47. The standard InChI is InChI=1S/C12H9N5O3/c13-5-12(2-1-8(18)16-11(12)20)17-4-7-3-14-6-15-9(7)10(17)19/h3,6H,1-2,4H2,(H,16,18,20). The van der Waals surface area contributed by atoms with Crippen LogP contribution >= 0.6 is 0 Å². The van der Waals surface area contributed by atoms with E-state index >= 15 is 0 Å². The Bertz CT molecular complexity index is 680. The molecule has 1 atom stereocenters. The van der Waals surface area contributed by atoms with E-state index in [1.165, 1.54) is 12.5 Å². The average molecular weight is 271 g/mol. The lowest BCUT2D eigenvalue weighted by Gasteiger charge is -2.36. The summed E-state index contributed by atoms with van der Waals surface area (Å²) < 4.78 is 0. The predicted octanol–water partition coefficient (Wildman–Crippen LogP) is -0.869. The summed E-state index contributed by atoms with van der Waals surface area (Å²) in [5.41, 5.74) is -0.901. The first-order valence-electron chi connectivity index (χ1n) is 5.95. The van der Waals surface area contributed by atoms with Crippen molar-refractivity contribution in [1.29, 1.82) is 5.26 Å². The molecule has 0 bridgehead atoms. The molecule has 1 N–H and O–H groups in total. The number of rotatable bonds is 1. The van der Waals surface area contributed by atoms with Gasteiger partial charge in [-0.2, -0.15) is 5.26 Å². The lowest BCUT2D eigenvalue weighted by molar-refractivity contribution is -0.140. The maximum atomic E-state index is 12.3. The summed E-state index contributed by atoms with van der Waals surface area (Å²) >= 11 is 0. The van der Waals surface area contributed by atoms with E-state index in [0.29, 0.717) is 5.56 Å². The van der Waals surface area contributed by atoms with Crippen molar-refractivity contribution < 1.29 is 14.4 Å². The van der Waals surface area contributed by atoms with Crippen molar-refractivity contribution in [3.63, 3.8) is 0 Å². The van der Waals surface area contributed by atoms with Crippen LogP contribution in [-0.4, -0.2) is 38.1 Å². The second kappa shape index (κ2) is 4.09. The number of carbonyl (C=O) groups is 3. The van der Waals surface area contributed by atoms with E-state index in [-0.39, 0.29) is 25.1 Å². The summed E-state index contributed by atoms with van der Waals surface area (Å²) in [7, 11) is 0. The third kappa shape index (κ3) is 1.50. The molecule has 100 valence electrons. The van der Waals surface area contributed by atoms with Gasteiger partial charge in [0.05, 0.1) is 6.54 Å². The Labute approximate surface area is 113 Å². The number of piperidine rings is 1. The molecule has 8 nitrogen and oxygen atoms in total. The second-order valence-electron chi connectivity index (χ2n) is 4.64. The van der Waals surface area contributed by atoms with Gasteiger partial charge in [0.25, 0.3) is 11.8 Å².